The fourth-order valence-electron chi connectivity index (χ4n) is 2.91. The molecule has 1 saturated carbocycles. The second-order valence-corrected chi connectivity index (χ2v) is 6.07. The number of ether oxygens (including phenoxy) is 1. The first-order valence-corrected chi connectivity index (χ1v) is 9.00. The minimum atomic E-state index is 0.707. The van der Waals surface area contributed by atoms with Gasteiger partial charge in [0.1, 0.15) is 5.76 Å². The SMILES string of the molecule is CCOCCNC(=NCC1CCCCC1)NCCc1ccco1. The molecule has 1 aliphatic carbocycles. The molecule has 1 heterocycles. The van der Waals surface area contributed by atoms with Crippen molar-refractivity contribution in [3.63, 3.8) is 0 Å². The van der Waals surface area contributed by atoms with Crippen LogP contribution < -0.4 is 10.6 Å². The van der Waals surface area contributed by atoms with Gasteiger partial charge < -0.3 is 19.8 Å². The zero-order valence-corrected chi connectivity index (χ0v) is 14.4. The van der Waals surface area contributed by atoms with E-state index in [0.29, 0.717) is 6.61 Å². The van der Waals surface area contributed by atoms with Gasteiger partial charge in [0.15, 0.2) is 5.96 Å². The molecule has 1 aromatic rings. The molecule has 0 bridgehead atoms. The first kappa shape index (κ1) is 17.9. The summed E-state index contributed by atoms with van der Waals surface area (Å²) in [5.74, 6) is 2.64. The minimum Gasteiger partial charge on any atom is -0.469 e. The van der Waals surface area contributed by atoms with Crippen LogP contribution in [0.5, 0.6) is 0 Å². The molecule has 0 amide bonds. The average molecular weight is 321 g/mol. The largest absolute Gasteiger partial charge is 0.469 e. The van der Waals surface area contributed by atoms with Crippen LogP contribution in [0, 0.1) is 5.92 Å². The monoisotopic (exact) mass is 321 g/mol. The minimum absolute atomic E-state index is 0.707. The van der Waals surface area contributed by atoms with Crippen LogP contribution in [0.1, 0.15) is 44.8 Å². The first-order chi connectivity index (χ1) is 11.4. The molecule has 1 fully saturated rings. The van der Waals surface area contributed by atoms with E-state index in [9.17, 15) is 0 Å². The van der Waals surface area contributed by atoms with Crippen LogP contribution in [0.25, 0.3) is 0 Å². The van der Waals surface area contributed by atoms with E-state index in [1.807, 2.05) is 19.1 Å². The van der Waals surface area contributed by atoms with Crippen molar-refractivity contribution in [2.45, 2.75) is 45.4 Å². The molecular weight excluding hydrogens is 290 g/mol. The van der Waals surface area contributed by atoms with Crippen molar-refractivity contribution >= 4 is 5.96 Å². The predicted octanol–water partition coefficient (Wildman–Crippen LogP) is 2.97. The van der Waals surface area contributed by atoms with Crippen molar-refractivity contribution in [2.75, 3.05) is 32.8 Å². The van der Waals surface area contributed by atoms with Gasteiger partial charge in [-0.15, -0.1) is 0 Å². The van der Waals surface area contributed by atoms with E-state index in [-0.39, 0.29) is 0 Å². The Balaban J connectivity index is 1.74. The van der Waals surface area contributed by atoms with Gasteiger partial charge in [-0.25, -0.2) is 0 Å². The summed E-state index contributed by atoms with van der Waals surface area (Å²) in [6.07, 6.45) is 9.33. The van der Waals surface area contributed by atoms with Crippen LogP contribution in [0.4, 0.5) is 0 Å². The first-order valence-electron chi connectivity index (χ1n) is 9.00. The molecule has 0 aromatic carbocycles. The molecule has 0 atom stereocenters. The highest BCUT2D eigenvalue weighted by Crippen LogP contribution is 2.23. The van der Waals surface area contributed by atoms with Gasteiger partial charge in [0.25, 0.3) is 0 Å². The lowest BCUT2D eigenvalue weighted by atomic mass is 9.89. The zero-order chi connectivity index (χ0) is 16.2. The standard InChI is InChI=1S/C18H31N3O2/c1-2-22-14-12-20-18(19-11-10-17-9-6-13-23-17)21-15-16-7-4-3-5-8-16/h6,9,13,16H,2-5,7-8,10-12,14-15H2,1H3,(H2,19,20,21). The maximum absolute atomic E-state index is 5.38. The van der Waals surface area contributed by atoms with Crippen molar-refractivity contribution in [3.8, 4) is 0 Å². The molecule has 130 valence electrons. The number of nitrogens with one attached hydrogen (secondary N) is 2. The third kappa shape index (κ3) is 7.55. The van der Waals surface area contributed by atoms with Crippen LogP contribution in [0.15, 0.2) is 27.8 Å². The second kappa shape index (κ2) is 11.1. The molecule has 0 aliphatic heterocycles. The lowest BCUT2D eigenvalue weighted by Crippen LogP contribution is -2.40. The van der Waals surface area contributed by atoms with Crippen LogP contribution in [0.2, 0.25) is 0 Å². The number of guanidine groups is 1. The fourth-order valence-corrected chi connectivity index (χ4v) is 2.91. The molecule has 0 radical (unpaired) electrons. The zero-order valence-electron chi connectivity index (χ0n) is 14.4. The summed E-state index contributed by atoms with van der Waals surface area (Å²) in [4.78, 5) is 4.77. The Morgan fingerprint density at radius 1 is 1.26 bits per heavy atom. The Labute approximate surface area is 139 Å². The highest BCUT2D eigenvalue weighted by atomic mass is 16.5. The lowest BCUT2D eigenvalue weighted by Gasteiger charge is -2.20. The normalized spacial score (nSPS) is 16.5. The van der Waals surface area contributed by atoms with Gasteiger partial charge in [-0.05, 0) is 37.8 Å². The van der Waals surface area contributed by atoms with Crippen LogP contribution in [-0.4, -0.2) is 38.8 Å². The molecule has 1 aromatic heterocycles. The number of furan rings is 1. The Kier molecular flexibility index (Phi) is 8.62. The number of hydrogen-bond acceptors (Lipinski definition) is 3. The van der Waals surface area contributed by atoms with E-state index < -0.39 is 0 Å². The lowest BCUT2D eigenvalue weighted by molar-refractivity contribution is 0.152. The summed E-state index contributed by atoms with van der Waals surface area (Å²) in [6, 6.07) is 3.93. The third-order valence-electron chi connectivity index (χ3n) is 4.22. The van der Waals surface area contributed by atoms with E-state index >= 15 is 0 Å². The predicted molar refractivity (Wildman–Crippen MR) is 93.8 cm³/mol. The van der Waals surface area contributed by atoms with Crippen molar-refractivity contribution in [1.29, 1.82) is 0 Å². The number of aliphatic imine (C=N–C) groups is 1. The summed E-state index contributed by atoms with van der Waals surface area (Å²) in [7, 11) is 0. The molecule has 2 rings (SSSR count). The highest BCUT2D eigenvalue weighted by molar-refractivity contribution is 5.79. The maximum Gasteiger partial charge on any atom is 0.191 e. The van der Waals surface area contributed by atoms with Gasteiger partial charge >= 0.3 is 0 Å². The number of nitrogens with zero attached hydrogens (tertiary/aromatic N) is 1. The average Bonchev–Trinajstić information content (AvgIpc) is 3.10. The Morgan fingerprint density at radius 3 is 2.83 bits per heavy atom. The number of rotatable bonds is 9. The molecule has 1 aliphatic rings. The summed E-state index contributed by atoms with van der Waals surface area (Å²) < 4.78 is 10.7. The van der Waals surface area contributed by atoms with Gasteiger partial charge in [-0.2, -0.15) is 0 Å². The van der Waals surface area contributed by atoms with E-state index in [1.165, 1.54) is 32.1 Å². The molecule has 5 heteroatoms. The highest BCUT2D eigenvalue weighted by Gasteiger charge is 2.13. The summed E-state index contributed by atoms with van der Waals surface area (Å²) in [5, 5.41) is 6.76. The molecule has 2 N–H and O–H groups in total. The van der Waals surface area contributed by atoms with E-state index in [1.54, 1.807) is 6.26 Å². The van der Waals surface area contributed by atoms with Crippen molar-refractivity contribution in [3.05, 3.63) is 24.2 Å². The molecule has 23 heavy (non-hydrogen) atoms. The molecule has 0 unspecified atom stereocenters. The third-order valence-corrected chi connectivity index (χ3v) is 4.22. The van der Waals surface area contributed by atoms with Crippen molar-refractivity contribution < 1.29 is 9.15 Å². The van der Waals surface area contributed by atoms with E-state index in [4.69, 9.17) is 14.1 Å². The maximum atomic E-state index is 5.38. The van der Waals surface area contributed by atoms with Crippen LogP contribution in [0.3, 0.4) is 0 Å². The Hall–Kier alpha value is -1.49. The second-order valence-electron chi connectivity index (χ2n) is 6.07. The quantitative estimate of drug-likeness (QED) is 0.417. The van der Waals surface area contributed by atoms with Gasteiger partial charge in [-0.1, -0.05) is 19.3 Å². The number of hydrogen-bond donors (Lipinski definition) is 2. The Morgan fingerprint density at radius 2 is 2.09 bits per heavy atom. The van der Waals surface area contributed by atoms with Gasteiger partial charge in [0.2, 0.25) is 0 Å². The molecular formula is C18H31N3O2. The smallest absolute Gasteiger partial charge is 0.191 e. The summed E-state index contributed by atoms with van der Waals surface area (Å²) in [6.45, 7) is 6.00. The summed E-state index contributed by atoms with van der Waals surface area (Å²) in [5.41, 5.74) is 0. The topological polar surface area (TPSA) is 58.8 Å². The molecule has 0 saturated heterocycles. The summed E-state index contributed by atoms with van der Waals surface area (Å²) >= 11 is 0. The fraction of sp³-hybridized carbons (Fsp3) is 0.722. The molecule has 5 nitrogen and oxygen atoms in total. The van der Waals surface area contributed by atoms with Gasteiger partial charge in [-0.3, -0.25) is 4.99 Å². The van der Waals surface area contributed by atoms with E-state index in [0.717, 1.165) is 50.3 Å². The van der Waals surface area contributed by atoms with Crippen LogP contribution >= 0.6 is 0 Å². The van der Waals surface area contributed by atoms with Gasteiger partial charge in [0, 0.05) is 32.7 Å². The van der Waals surface area contributed by atoms with Gasteiger partial charge in [0.05, 0.1) is 12.9 Å². The Bertz CT molecular complexity index is 425. The van der Waals surface area contributed by atoms with Crippen molar-refractivity contribution in [2.24, 2.45) is 10.9 Å². The van der Waals surface area contributed by atoms with Crippen molar-refractivity contribution in [1.82, 2.24) is 10.6 Å². The van der Waals surface area contributed by atoms with Crippen LogP contribution in [-0.2, 0) is 11.2 Å². The molecule has 0 spiro atoms. The van der Waals surface area contributed by atoms with E-state index in [2.05, 4.69) is 10.6 Å².